The number of ether oxygens (including phenoxy) is 1. The summed E-state index contributed by atoms with van der Waals surface area (Å²) in [5, 5.41) is 6.07. The molecule has 2 atom stereocenters. The predicted octanol–water partition coefficient (Wildman–Crippen LogP) is 5.98. The molecule has 2 N–H and O–H groups in total. The molecule has 0 saturated carbocycles. The maximum atomic E-state index is 14.7. The Morgan fingerprint density at radius 2 is 1.98 bits per heavy atom. The number of aromatic nitrogens is 3. The Balaban J connectivity index is 1.48. The molecular formula is C32H31ClFN5O4. The van der Waals surface area contributed by atoms with Crippen LogP contribution in [0.5, 0.6) is 0 Å². The van der Waals surface area contributed by atoms with Crippen LogP contribution in [0.15, 0.2) is 61.1 Å². The molecule has 43 heavy (non-hydrogen) atoms. The van der Waals surface area contributed by atoms with Crippen LogP contribution in [0, 0.1) is 18.7 Å². The maximum Gasteiger partial charge on any atom is 0.309 e. The third kappa shape index (κ3) is 6.44. The first-order valence-corrected chi connectivity index (χ1v) is 14.3. The van der Waals surface area contributed by atoms with Crippen LogP contribution in [0.3, 0.4) is 0 Å². The molecule has 11 heteroatoms. The molecule has 0 radical (unpaired) electrons. The van der Waals surface area contributed by atoms with Gasteiger partial charge < -0.3 is 15.4 Å². The van der Waals surface area contributed by atoms with E-state index in [4.69, 9.17) is 16.3 Å². The molecule has 0 aliphatic carbocycles. The number of nitrogens with zero attached hydrogens (tertiary/aromatic N) is 3. The number of amides is 2. The number of hydrogen-bond acceptors (Lipinski definition) is 6. The number of anilines is 1. The predicted molar refractivity (Wildman–Crippen MR) is 161 cm³/mol. The zero-order valence-corrected chi connectivity index (χ0v) is 24.7. The Bertz CT molecular complexity index is 1710. The number of pyridine rings is 1. The van der Waals surface area contributed by atoms with Crippen molar-refractivity contribution in [3.63, 3.8) is 0 Å². The van der Waals surface area contributed by atoms with Crippen LogP contribution in [0.4, 0.5) is 10.1 Å². The van der Waals surface area contributed by atoms with Gasteiger partial charge in [0.1, 0.15) is 12.0 Å². The molecule has 9 nitrogen and oxygen atoms in total. The van der Waals surface area contributed by atoms with E-state index in [1.165, 1.54) is 24.1 Å². The fraction of sp³-hybridized carbons (Fsp3) is 0.281. The maximum absolute atomic E-state index is 14.7. The van der Waals surface area contributed by atoms with Crippen LogP contribution >= 0.6 is 11.6 Å². The highest BCUT2D eigenvalue weighted by atomic mass is 35.5. The van der Waals surface area contributed by atoms with E-state index in [1.807, 2.05) is 31.2 Å². The topological polar surface area (TPSA) is 115 Å². The van der Waals surface area contributed by atoms with Gasteiger partial charge in [0, 0.05) is 23.4 Å². The summed E-state index contributed by atoms with van der Waals surface area (Å²) in [6, 6.07) is 13.3. The van der Waals surface area contributed by atoms with Crippen LogP contribution in [0.1, 0.15) is 59.7 Å². The Hall–Kier alpha value is -4.57. The number of carbonyl (C=O) groups is 3. The number of halogens is 2. The van der Waals surface area contributed by atoms with Gasteiger partial charge in [-0.25, -0.2) is 9.37 Å². The van der Waals surface area contributed by atoms with E-state index in [2.05, 4.69) is 20.6 Å². The number of imidazole rings is 1. The highest BCUT2D eigenvalue weighted by Crippen LogP contribution is 2.33. The minimum Gasteiger partial charge on any atom is -0.469 e. The number of benzene rings is 2. The second kappa shape index (κ2) is 12.7. The van der Waals surface area contributed by atoms with E-state index >= 15 is 0 Å². The average Bonchev–Trinajstić information content (AvgIpc) is 3.38. The van der Waals surface area contributed by atoms with Crippen LogP contribution in [-0.2, 0) is 20.7 Å². The summed E-state index contributed by atoms with van der Waals surface area (Å²) in [5.74, 6) is -1.85. The molecule has 2 aromatic heterocycles. The van der Waals surface area contributed by atoms with Crippen molar-refractivity contribution in [3.05, 3.63) is 94.5 Å². The molecule has 3 heterocycles. The lowest BCUT2D eigenvalue weighted by atomic mass is 9.94. The van der Waals surface area contributed by atoms with Crippen molar-refractivity contribution in [1.82, 2.24) is 19.9 Å². The quantitative estimate of drug-likeness (QED) is 0.271. The monoisotopic (exact) mass is 603 g/mol. The Labute approximate surface area is 253 Å². The van der Waals surface area contributed by atoms with Crippen molar-refractivity contribution >= 4 is 35.1 Å². The molecule has 1 aliphatic rings. The molecule has 2 bridgehead atoms. The third-order valence-electron chi connectivity index (χ3n) is 7.66. The lowest BCUT2D eigenvalue weighted by Crippen LogP contribution is -2.30. The van der Waals surface area contributed by atoms with Crippen molar-refractivity contribution in [2.24, 2.45) is 5.92 Å². The molecule has 2 aromatic carbocycles. The molecule has 5 rings (SSSR count). The van der Waals surface area contributed by atoms with Crippen LogP contribution < -0.4 is 10.6 Å². The Kier molecular flexibility index (Phi) is 8.86. The second-order valence-electron chi connectivity index (χ2n) is 10.6. The molecule has 0 fully saturated rings. The highest BCUT2D eigenvalue weighted by Gasteiger charge is 2.25. The van der Waals surface area contributed by atoms with Gasteiger partial charge in [0.05, 0.1) is 41.7 Å². The van der Waals surface area contributed by atoms with Crippen molar-refractivity contribution in [1.29, 1.82) is 0 Å². The van der Waals surface area contributed by atoms with Gasteiger partial charge in [0.15, 0.2) is 5.82 Å². The minimum absolute atomic E-state index is 0.0278. The summed E-state index contributed by atoms with van der Waals surface area (Å²) in [7, 11) is 1.33. The van der Waals surface area contributed by atoms with Gasteiger partial charge in [-0.1, -0.05) is 43.1 Å². The highest BCUT2D eigenvalue weighted by molar-refractivity contribution is 6.30. The summed E-state index contributed by atoms with van der Waals surface area (Å²) in [5.41, 5.74) is 4.26. The lowest BCUT2D eigenvalue weighted by Gasteiger charge is -2.22. The normalized spacial score (nSPS) is 16.7. The van der Waals surface area contributed by atoms with Crippen molar-refractivity contribution in [2.75, 3.05) is 12.4 Å². The van der Waals surface area contributed by atoms with Gasteiger partial charge in [0.2, 0.25) is 5.91 Å². The van der Waals surface area contributed by atoms with E-state index in [-0.39, 0.29) is 40.6 Å². The molecule has 0 unspecified atom stereocenters. The van der Waals surface area contributed by atoms with E-state index in [9.17, 15) is 18.8 Å². The molecule has 0 saturated heterocycles. The van der Waals surface area contributed by atoms with E-state index in [0.29, 0.717) is 41.9 Å². The largest absolute Gasteiger partial charge is 0.469 e. The zero-order chi connectivity index (χ0) is 30.7. The molecular weight excluding hydrogens is 573 g/mol. The fourth-order valence-corrected chi connectivity index (χ4v) is 5.36. The molecule has 222 valence electrons. The Morgan fingerprint density at radius 1 is 1.16 bits per heavy atom. The standard InChI is InChI=1S/C32H31ClFN5O4/c1-18-6-4-8-24(37-32(42)30-19(2)39(17-36-30)27-9-5-7-23(33)29(27)34)26-16-21(12-13-35-26)22-11-10-20(15-28(40)43-3)14-25(22)38-31(18)41/h5,7,9-14,16-18,24H,4,6,8,15H2,1-3H3,(H,37,42)(H,38,41)/t18-,24+/m1/s1. The first-order valence-electron chi connectivity index (χ1n) is 13.9. The van der Waals surface area contributed by atoms with E-state index in [1.54, 1.807) is 31.3 Å². The number of nitrogens with one attached hydrogen (secondary N) is 2. The molecule has 4 aromatic rings. The first kappa shape index (κ1) is 29.9. The Morgan fingerprint density at radius 3 is 2.77 bits per heavy atom. The van der Waals surface area contributed by atoms with Crippen LogP contribution in [0.25, 0.3) is 16.8 Å². The van der Waals surface area contributed by atoms with Gasteiger partial charge in [0.25, 0.3) is 5.91 Å². The van der Waals surface area contributed by atoms with Gasteiger partial charge in [-0.15, -0.1) is 0 Å². The summed E-state index contributed by atoms with van der Waals surface area (Å²) < 4.78 is 21.0. The minimum atomic E-state index is -0.604. The lowest BCUT2D eigenvalue weighted by molar-refractivity contribution is -0.139. The first-order chi connectivity index (χ1) is 20.7. The van der Waals surface area contributed by atoms with Gasteiger partial charge >= 0.3 is 5.97 Å². The number of carbonyl (C=O) groups excluding carboxylic acids is 3. The third-order valence-corrected chi connectivity index (χ3v) is 7.95. The van der Waals surface area contributed by atoms with E-state index < -0.39 is 17.8 Å². The second-order valence-corrected chi connectivity index (χ2v) is 11.0. The molecule has 2 amide bonds. The zero-order valence-electron chi connectivity index (χ0n) is 24.0. The SMILES string of the molecule is COC(=O)Cc1ccc2c(c1)NC(=O)[C@H](C)CCC[C@H](NC(=O)c1ncn(-c3cccc(Cl)c3F)c1C)c1cc-2ccn1. The van der Waals surface area contributed by atoms with Gasteiger partial charge in [-0.3, -0.25) is 23.9 Å². The van der Waals surface area contributed by atoms with E-state index in [0.717, 1.165) is 11.1 Å². The smallest absolute Gasteiger partial charge is 0.309 e. The van der Waals surface area contributed by atoms with Gasteiger partial charge in [-0.2, -0.15) is 0 Å². The number of fused-ring (bicyclic) bond motifs is 4. The molecule has 1 aliphatic heterocycles. The van der Waals surface area contributed by atoms with Crippen molar-refractivity contribution < 1.29 is 23.5 Å². The van der Waals surface area contributed by atoms with Crippen molar-refractivity contribution in [3.8, 4) is 16.8 Å². The summed E-state index contributed by atoms with van der Waals surface area (Å²) in [6.45, 7) is 3.54. The number of esters is 1. The number of hydrogen-bond donors (Lipinski definition) is 2. The van der Waals surface area contributed by atoms with Crippen LogP contribution in [-0.4, -0.2) is 39.4 Å². The average molecular weight is 604 g/mol. The summed E-state index contributed by atoms with van der Waals surface area (Å²) in [6.07, 6.45) is 4.88. The summed E-state index contributed by atoms with van der Waals surface area (Å²) in [4.78, 5) is 47.4. The fourth-order valence-electron chi connectivity index (χ4n) is 5.19. The number of rotatable bonds is 5. The van der Waals surface area contributed by atoms with Crippen molar-refractivity contribution in [2.45, 2.75) is 45.6 Å². The van der Waals surface area contributed by atoms with Crippen LogP contribution in [0.2, 0.25) is 5.02 Å². The number of methoxy groups -OCH3 is 1. The molecule has 0 spiro atoms. The summed E-state index contributed by atoms with van der Waals surface area (Å²) >= 11 is 5.97. The van der Waals surface area contributed by atoms with Gasteiger partial charge in [-0.05, 0) is 61.2 Å².